The van der Waals surface area contributed by atoms with Crippen molar-refractivity contribution in [2.75, 3.05) is 20.2 Å². The number of aromatic nitrogens is 3. The number of ether oxygens (including phenoxy) is 1. The zero-order chi connectivity index (χ0) is 17.8. The van der Waals surface area contributed by atoms with Crippen molar-refractivity contribution in [2.45, 2.75) is 45.1 Å². The Bertz CT molecular complexity index is 718. The third-order valence-electron chi connectivity index (χ3n) is 4.86. The van der Waals surface area contributed by atoms with Gasteiger partial charge in [-0.3, -0.25) is 4.79 Å². The zero-order valence-electron chi connectivity index (χ0n) is 15.2. The molecule has 134 valence electrons. The number of methoxy groups -OCH3 is 1. The average Bonchev–Trinajstić information content (AvgIpc) is 3.12. The van der Waals surface area contributed by atoms with Gasteiger partial charge in [0.2, 0.25) is 5.91 Å². The van der Waals surface area contributed by atoms with Crippen molar-refractivity contribution >= 4 is 5.91 Å². The average molecular weight is 342 g/mol. The molecule has 6 nitrogen and oxygen atoms in total. The Morgan fingerprint density at radius 2 is 2.08 bits per heavy atom. The Kier molecular flexibility index (Phi) is 5.36. The molecule has 1 amide bonds. The van der Waals surface area contributed by atoms with E-state index >= 15 is 0 Å². The number of piperidine rings is 1. The Morgan fingerprint density at radius 1 is 1.32 bits per heavy atom. The predicted octanol–water partition coefficient (Wildman–Crippen LogP) is 2.82. The van der Waals surface area contributed by atoms with Gasteiger partial charge in [0.1, 0.15) is 17.9 Å². The number of nitrogens with zero attached hydrogens (tertiary/aromatic N) is 4. The second-order valence-electron chi connectivity index (χ2n) is 6.87. The van der Waals surface area contributed by atoms with Crippen LogP contribution in [0.5, 0.6) is 5.75 Å². The van der Waals surface area contributed by atoms with Gasteiger partial charge in [0.25, 0.3) is 0 Å². The zero-order valence-corrected chi connectivity index (χ0v) is 15.2. The second kappa shape index (κ2) is 7.68. The van der Waals surface area contributed by atoms with Crippen LogP contribution in [0, 0.1) is 0 Å². The molecule has 0 bridgehead atoms. The lowest BCUT2D eigenvalue weighted by Gasteiger charge is -2.32. The van der Waals surface area contributed by atoms with Gasteiger partial charge in [0, 0.05) is 25.0 Å². The van der Waals surface area contributed by atoms with Crippen LogP contribution in [0.3, 0.4) is 0 Å². The molecule has 0 N–H and O–H groups in total. The number of carbonyl (C=O) groups is 1. The molecule has 0 unspecified atom stereocenters. The van der Waals surface area contributed by atoms with Crippen LogP contribution in [0.1, 0.15) is 50.0 Å². The minimum absolute atomic E-state index is 0.178. The standard InChI is InChI=1S/C19H26N4O2/c1-14(2)23-13-20-21-19(23)16-7-9-22(10-8-16)18(24)12-15-5-4-6-17(11-15)25-3/h4-6,11,13-14,16H,7-10,12H2,1-3H3. The highest BCUT2D eigenvalue weighted by molar-refractivity contribution is 5.79. The minimum atomic E-state index is 0.178. The van der Waals surface area contributed by atoms with Crippen LogP contribution in [0.4, 0.5) is 0 Å². The molecule has 6 heteroatoms. The molecule has 1 aromatic heterocycles. The molecule has 25 heavy (non-hydrogen) atoms. The molecule has 0 spiro atoms. The Labute approximate surface area is 148 Å². The van der Waals surface area contributed by atoms with Crippen molar-refractivity contribution in [3.05, 3.63) is 42.0 Å². The van der Waals surface area contributed by atoms with Gasteiger partial charge in [-0.25, -0.2) is 0 Å². The Balaban J connectivity index is 1.58. The van der Waals surface area contributed by atoms with Crippen molar-refractivity contribution in [2.24, 2.45) is 0 Å². The summed E-state index contributed by atoms with van der Waals surface area (Å²) in [5.74, 6) is 2.40. The molecule has 0 aliphatic carbocycles. The highest BCUT2D eigenvalue weighted by Crippen LogP contribution is 2.28. The van der Waals surface area contributed by atoms with E-state index in [1.807, 2.05) is 29.2 Å². The van der Waals surface area contributed by atoms with Crippen molar-refractivity contribution < 1.29 is 9.53 Å². The van der Waals surface area contributed by atoms with Crippen molar-refractivity contribution in [3.8, 4) is 5.75 Å². The van der Waals surface area contributed by atoms with Crippen LogP contribution in [-0.4, -0.2) is 45.8 Å². The van der Waals surface area contributed by atoms with Gasteiger partial charge in [-0.15, -0.1) is 10.2 Å². The van der Waals surface area contributed by atoms with Crippen molar-refractivity contribution in [1.82, 2.24) is 19.7 Å². The van der Waals surface area contributed by atoms with Crippen LogP contribution < -0.4 is 4.74 Å². The largest absolute Gasteiger partial charge is 0.497 e. The summed E-state index contributed by atoms with van der Waals surface area (Å²) in [7, 11) is 1.64. The quantitative estimate of drug-likeness (QED) is 0.838. The fourth-order valence-electron chi connectivity index (χ4n) is 3.40. The molecular weight excluding hydrogens is 316 g/mol. The molecule has 1 fully saturated rings. The summed E-state index contributed by atoms with van der Waals surface area (Å²) in [5.41, 5.74) is 0.992. The molecule has 0 saturated carbocycles. The van der Waals surface area contributed by atoms with E-state index in [-0.39, 0.29) is 5.91 Å². The van der Waals surface area contributed by atoms with Gasteiger partial charge in [0.05, 0.1) is 13.5 Å². The van der Waals surface area contributed by atoms with Gasteiger partial charge in [-0.2, -0.15) is 0 Å². The number of benzene rings is 1. The SMILES string of the molecule is COc1cccc(CC(=O)N2CCC(c3nncn3C(C)C)CC2)c1. The minimum Gasteiger partial charge on any atom is -0.497 e. The molecule has 0 radical (unpaired) electrons. The lowest BCUT2D eigenvalue weighted by molar-refractivity contribution is -0.131. The molecule has 3 rings (SSSR count). The first kappa shape index (κ1) is 17.5. The summed E-state index contributed by atoms with van der Waals surface area (Å²) in [6.07, 6.45) is 4.11. The van der Waals surface area contributed by atoms with Crippen LogP contribution in [0.15, 0.2) is 30.6 Å². The van der Waals surface area contributed by atoms with Crippen LogP contribution in [0.25, 0.3) is 0 Å². The highest BCUT2D eigenvalue weighted by Gasteiger charge is 2.27. The Hall–Kier alpha value is -2.37. The van der Waals surface area contributed by atoms with E-state index in [9.17, 15) is 4.79 Å². The molecule has 1 aliphatic heterocycles. The molecule has 1 aromatic carbocycles. The second-order valence-corrected chi connectivity index (χ2v) is 6.87. The highest BCUT2D eigenvalue weighted by atomic mass is 16.5. The molecule has 1 saturated heterocycles. The maximum Gasteiger partial charge on any atom is 0.226 e. The molecule has 2 heterocycles. The number of amides is 1. The van der Waals surface area contributed by atoms with Gasteiger partial charge < -0.3 is 14.2 Å². The van der Waals surface area contributed by atoms with Gasteiger partial charge in [0.15, 0.2) is 0 Å². The molecular formula is C19H26N4O2. The van der Waals surface area contributed by atoms with Gasteiger partial charge >= 0.3 is 0 Å². The third kappa shape index (κ3) is 4.00. The number of rotatable bonds is 5. The third-order valence-corrected chi connectivity index (χ3v) is 4.86. The maximum absolute atomic E-state index is 12.6. The Morgan fingerprint density at radius 3 is 2.76 bits per heavy atom. The van der Waals surface area contributed by atoms with Crippen molar-refractivity contribution in [1.29, 1.82) is 0 Å². The van der Waals surface area contributed by atoms with Gasteiger partial charge in [-0.1, -0.05) is 12.1 Å². The summed E-state index contributed by atoms with van der Waals surface area (Å²) in [6.45, 7) is 5.83. The number of likely N-dealkylation sites (tertiary alicyclic amines) is 1. The normalized spacial score (nSPS) is 15.6. The predicted molar refractivity (Wildman–Crippen MR) is 95.7 cm³/mol. The van der Waals surface area contributed by atoms with E-state index in [1.165, 1.54) is 0 Å². The number of hydrogen-bond acceptors (Lipinski definition) is 4. The van der Waals surface area contributed by atoms with Crippen molar-refractivity contribution in [3.63, 3.8) is 0 Å². The lowest BCUT2D eigenvalue weighted by atomic mass is 9.95. The van der Waals surface area contributed by atoms with E-state index in [2.05, 4.69) is 28.6 Å². The summed E-state index contributed by atoms with van der Waals surface area (Å²) >= 11 is 0. The molecule has 1 aliphatic rings. The van der Waals surface area contributed by atoms with Crippen LogP contribution in [0.2, 0.25) is 0 Å². The first-order valence-electron chi connectivity index (χ1n) is 8.88. The lowest BCUT2D eigenvalue weighted by Crippen LogP contribution is -2.39. The van der Waals surface area contributed by atoms with E-state index in [0.29, 0.717) is 18.4 Å². The fraction of sp³-hybridized carbons (Fsp3) is 0.526. The summed E-state index contributed by atoms with van der Waals surface area (Å²) < 4.78 is 7.36. The monoisotopic (exact) mass is 342 g/mol. The molecule has 0 atom stereocenters. The maximum atomic E-state index is 12.6. The summed E-state index contributed by atoms with van der Waals surface area (Å²) in [6, 6.07) is 8.07. The van der Waals surface area contributed by atoms with Crippen LogP contribution >= 0.6 is 0 Å². The molecule has 2 aromatic rings. The smallest absolute Gasteiger partial charge is 0.226 e. The van der Waals surface area contributed by atoms with Crippen LogP contribution in [-0.2, 0) is 11.2 Å². The van der Waals surface area contributed by atoms with E-state index in [0.717, 1.165) is 43.1 Å². The topological polar surface area (TPSA) is 60.2 Å². The first-order valence-corrected chi connectivity index (χ1v) is 8.88. The van der Waals surface area contributed by atoms with E-state index in [4.69, 9.17) is 4.74 Å². The van der Waals surface area contributed by atoms with E-state index in [1.54, 1.807) is 13.4 Å². The fourth-order valence-corrected chi connectivity index (χ4v) is 3.40. The number of hydrogen-bond donors (Lipinski definition) is 0. The number of carbonyl (C=O) groups excluding carboxylic acids is 1. The summed E-state index contributed by atoms with van der Waals surface area (Å²) in [4.78, 5) is 14.6. The van der Waals surface area contributed by atoms with Gasteiger partial charge in [-0.05, 0) is 44.4 Å². The first-order chi connectivity index (χ1) is 12.1. The van der Waals surface area contributed by atoms with E-state index < -0.39 is 0 Å². The summed E-state index contributed by atoms with van der Waals surface area (Å²) in [5, 5.41) is 8.38.